The first-order chi connectivity index (χ1) is 9.32. The normalized spacial score (nSPS) is 11.9. The summed E-state index contributed by atoms with van der Waals surface area (Å²) in [6, 6.07) is 1.97. The number of phenols is 1. The molecule has 11 heteroatoms. The van der Waals surface area contributed by atoms with Crippen LogP contribution in [-0.2, 0) is 4.74 Å². The Kier molecular flexibility index (Phi) is 7.37. The molecule has 0 aliphatic carbocycles. The van der Waals surface area contributed by atoms with Crippen molar-refractivity contribution in [3.8, 4) is 5.75 Å². The van der Waals surface area contributed by atoms with Crippen LogP contribution in [0.4, 0.5) is 35.1 Å². The van der Waals surface area contributed by atoms with Gasteiger partial charge in [-0.1, -0.05) is 15.9 Å². The molecule has 0 aromatic heterocycles. The largest absolute Gasteiger partial charge is 0.503 e. The van der Waals surface area contributed by atoms with Crippen LogP contribution in [0.2, 0.25) is 0 Å². The van der Waals surface area contributed by atoms with Crippen LogP contribution >= 0.6 is 15.9 Å². The maximum atomic E-state index is 12.3. The van der Waals surface area contributed by atoms with E-state index in [2.05, 4.69) is 20.7 Å². The van der Waals surface area contributed by atoms with Crippen molar-refractivity contribution in [3.05, 3.63) is 28.2 Å². The Morgan fingerprint density at radius 3 is 1.52 bits per heavy atom. The van der Waals surface area contributed by atoms with Crippen molar-refractivity contribution >= 4 is 15.9 Å². The molecule has 0 radical (unpaired) electrons. The summed E-state index contributed by atoms with van der Waals surface area (Å²) < 4.78 is 95.0. The summed E-state index contributed by atoms with van der Waals surface area (Å²) in [4.78, 5) is 0. The molecule has 0 aliphatic rings. The minimum Gasteiger partial charge on any atom is -0.503 e. The Hall–Kier alpha value is -1.10. The second-order valence-electron chi connectivity index (χ2n) is 3.44. The smallest absolute Gasteiger partial charge is 0.411 e. The third kappa shape index (κ3) is 10.3. The molecule has 1 rings (SSSR count). The minimum atomic E-state index is -4.70. The van der Waals surface area contributed by atoms with E-state index in [4.69, 9.17) is 5.11 Å². The third-order valence-electron chi connectivity index (χ3n) is 1.51. The maximum absolute atomic E-state index is 12.3. The van der Waals surface area contributed by atoms with Gasteiger partial charge in [0.05, 0.1) is 0 Å². The monoisotopic (exact) mass is 390 g/mol. The summed E-state index contributed by atoms with van der Waals surface area (Å²) in [7, 11) is 0. The highest BCUT2D eigenvalue weighted by Crippen LogP contribution is 2.23. The van der Waals surface area contributed by atoms with Gasteiger partial charge in [0.15, 0.2) is 17.4 Å². The zero-order chi connectivity index (χ0) is 16.8. The van der Waals surface area contributed by atoms with Crippen LogP contribution in [0.3, 0.4) is 0 Å². The van der Waals surface area contributed by atoms with Crippen LogP contribution in [-0.4, -0.2) is 30.7 Å². The number of phenolic OH excluding ortho intramolecular Hbond substituents is 1. The van der Waals surface area contributed by atoms with E-state index in [-0.39, 0.29) is 4.47 Å². The van der Waals surface area contributed by atoms with Crippen LogP contribution in [0.15, 0.2) is 16.6 Å². The Balaban J connectivity index is 0.000000382. The van der Waals surface area contributed by atoms with E-state index in [0.717, 1.165) is 12.1 Å². The van der Waals surface area contributed by atoms with E-state index in [1.165, 1.54) is 0 Å². The molecule has 0 amide bonds. The molecular formula is C10H7BrF8O2. The molecule has 0 bridgehead atoms. The van der Waals surface area contributed by atoms with Crippen molar-refractivity contribution in [2.45, 2.75) is 12.4 Å². The number of benzene rings is 1. The van der Waals surface area contributed by atoms with E-state index in [1.54, 1.807) is 0 Å². The lowest BCUT2D eigenvalue weighted by Gasteiger charge is -2.09. The Labute approximate surface area is 121 Å². The molecule has 1 N–H and O–H groups in total. The topological polar surface area (TPSA) is 29.5 Å². The second kappa shape index (κ2) is 7.78. The zero-order valence-electron chi connectivity index (χ0n) is 9.83. The van der Waals surface area contributed by atoms with Gasteiger partial charge in [-0.25, -0.2) is 8.78 Å². The van der Waals surface area contributed by atoms with Gasteiger partial charge in [-0.05, 0) is 12.1 Å². The summed E-state index contributed by atoms with van der Waals surface area (Å²) in [5.74, 6) is -2.87. The van der Waals surface area contributed by atoms with Crippen molar-refractivity contribution in [1.82, 2.24) is 0 Å². The lowest BCUT2D eigenvalue weighted by Crippen LogP contribution is -2.23. The van der Waals surface area contributed by atoms with Gasteiger partial charge in [-0.3, -0.25) is 0 Å². The van der Waals surface area contributed by atoms with E-state index in [9.17, 15) is 35.1 Å². The van der Waals surface area contributed by atoms with Crippen LogP contribution in [0, 0.1) is 11.6 Å². The standard InChI is InChI=1S/C6H3BrF2O.C4H4F6O/c7-3-1-4(8)6(10)5(9)2-3;5-3(6,7)1-11-2-4(8,9)10/h1-2,10H;1-2H2. The molecule has 0 fully saturated rings. The fourth-order valence-corrected chi connectivity index (χ4v) is 1.22. The number of rotatable bonds is 2. The quantitative estimate of drug-likeness (QED) is 0.750. The fourth-order valence-electron chi connectivity index (χ4n) is 0.817. The number of halogens is 9. The molecule has 21 heavy (non-hydrogen) atoms. The molecule has 1 aromatic carbocycles. The molecule has 0 saturated carbocycles. The van der Waals surface area contributed by atoms with Gasteiger partial charge in [-0.2, -0.15) is 26.3 Å². The first-order valence-electron chi connectivity index (χ1n) is 4.86. The lowest BCUT2D eigenvalue weighted by molar-refractivity contribution is -0.219. The third-order valence-corrected chi connectivity index (χ3v) is 1.97. The number of alkyl halides is 6. The number of hydrogen-bond acceptors (Lipinski definition) is 2. The van der Waals surface area contributed by atoms with Crippen molar-refractivity contribution in [2.24, 2.45) is 0 Å². The van der Waals surface area contributed by atoms with E-state index in [0.29, 0.717) is 0 Å². The molecule has 0 aliphatic heterocycles. The first kappa shape index (κ1) is 19.9. The molecule has 0 heterocycles. The SMILES string of the molecule is FC(F)(F)COCC(F)(F)F.Oc1c(F)cc(Br)cc1F. The minimum absolute atomic E-state index is 0.264. The average molecular weight is 391 g/mol. The van der Waals surface area contributed by atoms with Crippen LogP contribution in [0.1, 0.15) is 0 Å². The van der Waals surface area contributed by atoms with E-state index >= 15 is 0 Å². The van der Waals surface area contributed by atoms with E-state index in [1.807, 2.05) is 0 Å². The summed E-state index contributed by atoms with van der Waals surface area (Å²) in [6.07, 6.45) is -9.41. The van der Waals surface area contributed by atoms with Crippen LogP contribution < -0.4 is 0 Å². The average Bonchev–Trinajstić information content (AvgIpc) is 2.22. The summed E-state index contributed by atoms with van der Waals surface area (Å²) >= 11 is 2.86. The van der Waals surface area contributed by atoms with Crippen molar-refractivity contribution in [2.75, 3.05) is 13.2 Å². The molecular weight excluding hydrogens is 384 g/mol. The predicted octanol–water partition coefficient (Wildman–Crippen LogP) is 4.56. The molecule has 1 aromatic rings. The van der Waals surface area contributed by atoms with Gasteiger partial charge in [-0.15, -0.1) is 0 Å². The summed E-state index contributed by atoms with van der Waals surface area (Å²) in [6.45, 7) is -3.74. The van der Waals surface area contributed by atoms with Gasteiger partial charge < -0.3 is 9.84 Å². The fraction of sp³-hybridized carbons (Fsp3) is 0.400. The van der Waals surface area contributed by atoms with Crippen molar-refractivity contribution in [3.63, 3.8) is 0 Å². The summed E-state index contributed by atoms with van der Waals surface area (Å²) in [5.41, 5.74) is 0. The van der Waals surface area contributed by atoms with Crippen molar-refractivity contribution in [1.29, 1.82) is 0 Å². The Bertz CT molecular complexity index is 420. The molecule has 0 atom stereocenters. The zero-order valence-corrected chi connectivity index (χ0v) is 11.4. The Morgan fingerprint density at radius 1 is 0.905 bits per heavy atom. The van der Waals surface area contributed by atoms with Gasteiger partial charge in [0.25, 0.3) is 0 Å². The van der Waals surface area contributed by atoms with Gasteiger partial charge in [0.2, 0.25) is 0 Å². The van der Waals surface area contributed by atoms with Gasteiger partial charge in [0, 0.05) is 4.47 Å². The molecule has 0 saturated heterocycles. The second-order valence-corrected chi connectivity index (χ2v) is 4.36. The molecule has 0 spiro atoms. The van der Waals surface area contributed by atoms with Crippen LogP contribution in [0.25, 0.3) is 0 Å². The highest BCUT2D eigenvalue weighted by Gasteiger charge is 2.32. The molecule has 2 nitrogen and oxygen atoms in total. The number of hydrogen-bond donors (Lipinski definition) is 1. The number of aromatic hydroxyl groups is 1. The van der Waals surface area contributed by atoms with Gasteiger partial charge >= 0.3 is 12.4 Å². The summed E-state index contributed by atoms with van der Waals surface area (Å²) in [5, 5.41) is 8.56. The number of ether oxygens (including phenoxy) is 1. The Morgan fingerprint density at radius 2 is 1.24 bits per heavy atom. The van der Waals surface area contributed by atoms with Gasteiger partial charge in [0.1, 0.15) is 13.2 Å². The van der Waals surface area contributed by atoms with E-state index < -0.39 is 43.0 Å². The highest BCUT2D eigenvalue weighted by atomic mass is 79.9. The molecule has 122 valence electrons. The first-order valence-corrected chi connectivity index (χ1v) is 5.66. The highest BCUT2D eigenvalue weighted by molar-refractivity contribution is 9.10. The van der Waals surface area contributed by atoms with Crippen LogP contribution in [0.5, 0.6) is 5.75 Å². The molecule has 0 unspecified atom stereocenters. The lowest BCUT2D eigenvalue weighted by atomic mass is 10.3. The van der Waals surface area contributed by atoms with Crippen molar-refractivity contribution < 1.29 is 45.0 Å². The maximum Gasteiger partial charge on any atom is 0.411 e. The predicted molar refractivity (Wildman–Crippen MR) is 58.7 cm³/mol.